The number of imidazole rings is 1. The van der Waals surface area contributed by atoms with Gasteiger partial charge in [-0.2, -0.15) is 4.98 Å². The van der Waals surface area contributed by atoms with Gasteiger partial charge in [0.15, 0.2) is 0 Å². The Bertz CT molecular complexity index is 911. The van der Waals surface area contributed by atoms with Crippen LogP contribution in [-0.4, -0.2) is 51.4 Å². The average molecular weight is 444 g/mol. The highest BCUT2D eigenvalue weighted by Gasteiger charge is 2.08. The fourth-order valence-electron chi connectivity index (χ4n) is 2.46. The second-order valence-corrected chi connectivity index (χ2v) is 7.27. The van der Waals surface area contributed by atoms with Crippen molar-refractivity contribution >= 4 is 39.3 Å². The first-order chi connectivity index (χ1) is 13.5. The van der Waals surface area contributed by atoms with Gasteiger partial charge in [-0.3, -0.25) is 4.79 Å². The van der Waals surface area contributed by atoms with Crippen molar-refractivity contribution in [3.05, 3.63) is 58.7 Å². The molecule has 1 aromatic carbocycles. The summed E-state index contributed by atoms with van der Waals surface area (Å²) < 4.78 is 0.789. The quantitative estimate of drug-likeness (QED) is 0.494. The van der Waals surface area contributed by atoms with Gasteiger partial charge in [0, 0.05) is 45.1 Å². The number of benzene rings is 1. The number of H-pyrrole nitrogens is 1. The van der Waals surface area contributed by atoms with Crippen molar-refractivity contribution in [3.63, 3.8) is 0 Å². The molecule has 3 N–H and O–H groups in total. The lowest BCUT2D eigenvalue weighted by molar-refractivity contribution is -0.127. The number of amides is 1. The molecule has 0 aliphatic carbocycles. The minimum atomic E-state index is 0.0718. The summed E-state index contributed by atoms with van der Waals surface area (Å²) in [5.41, 5.74) is 2.80. The molecule has 28 heavy (non-hydrogen) atoms. The van der Waals surface area contributed by atoms with E-state index in [1.807, 2.05) is 30.5 Å². The fraction of sp³-hybridized carbons (Fsp3) is 0.263. The molecule has 0 aliphatic rings. The van der Waals surface area contributed by atoms with Crippen LogP contribution in [0.15, 0.2) is 47.5 Å². The summed E-state index contributed by atoms with van der Waals surface area (Å²) >= 11 is 3.47. The van der Waals surface area contributed by atoms with E-state index in [1.165, 1.54) is 0 Å². The third kappa shape index (κ3) is 5.53. The third-order valence-electron chi connectivity index (χ3n) is 4.04. The number of hydrogen-bond donors (Lipinski definition) is 3. The zero-order valence-corrected chi connectivity index (χ0v) is 17.3. The van der Waals surface area contributed by atoms with Crippen LogP contribution in [-0.2, 0) is 17.6 Å². The van der Waals surface area contributed by atoms with Crippen molar-refractivity contribution in [2.45, 2.75) is 12.8 Å². The van der Waals surface area contributed by atoms with Crippen LogP contribution in [0.1, 0.15) is 11.3 Å². The summed E-state index contributed by atoms with van der Waals surface area (Å²) in [4.78, 5) is 29.3. The van der Waals surface area contributed by atoms with E-state index in [9.17, 15) is 4.79 Å². The molecule has 2 aromatic heterocycles. The molecule has 8 nitrogen and oxygen atoms in total. The van der Waals surface area contributed by atoms with E-state index in [4.69, 9.17) is 0 Å². The molecule has 146 valence electrons. The Labute approximate surface area is 171 Å². The number of aromatic amines is 1. The molecule has 0 saturated carbocycles. The number of hydrogen-bond acceptors (Lipinski definition) is 6. The molecule has 2 heterocycles. The predicted molar refractivity (Wildman–Crippen MR) is 113 cm³/mol. The first kappa shape index (κ1) is 19.8. The molecule has 0 aliphatic heterocycles. The van der Waals surface area contributed by atoms with Gasteiger partial charge in [-0.1, -0.05) is 12.1 Å². The first-order valence-corrected chi connectivity index (χ1v) is 9.61. The summed E-state index contributed by atoms with van der Waals surface area (Å²) in [5, 5.41) is 6.47. The largest absolute Gasteiger partial charge is 0.369 e. The first-order valence-electron chi connectivity index (χ1n) is 8.81. The van der Waals surface area contributed by atoms with Crippen LogP contribution < -0.4 is 10.6 Å². The third-order valence-corrected chi connectivity index (χ3v) is 4.62. The van der Waals surface area contributed by atoms with E-state index in [-0.39, 0.29) is 5.91 Å². The Hall–Kier alpha value is -2.94. The number of nitrogens with zero attached hydrogens (tertiary/aromatic N) is 4. The number of carbonyl (C=O) groups excluding carboxylic acids is 1. The van der Waals surface area contributed by atoms with Crippen LogP contribution >= 0.6 is 15.9 Å². The summed E-state index contributed by atoms with van der Waals surface area (Å²) in [6.07, 6.45) is 6.41. The maximum absolute atomic E-state index is 11.8. The molecule has 0 unspecified atom stereocenters. The van der Waals surface area contributed by atoms with Crippen molar-refractivity contribution in [2.24, 2.45) is 0 Å². The van der Waals surface area contributed by atoms with E-state index < -0.39 is 0 Å². The van der Waals surface area contributed by atoms with Gasteiger partial charge in [-0.05, 0) is 33.6 Å². The van der Waals surface area contributed by atoms with E-state index in [1.54, 1.807) is 31.5 Å². The standard InChI is InChI=1S/C19H22BrN7O/c1-27(2)17(28)9-13-3-5-14(6-4-13)25-19-23-11-16(20)18(26-19)22-8-7-15-10-21-12-24-15/h3-6,10-12H,7-9H2,1-2H3,(H,21,24)(H2,22,23,25,26). The number of likely N-dealkylation sites (N-methyl/N-ethyl adjacent to an activating group) is 1. The van der Waals surface area contributed by atoms with Gasteiger partial charge in [0.25, 0.3) is 0 Å². The maximum Gasteiger partial charge on any atom is 0.229 e. The van der Waals surface area contributed by atoms with E-state index in [2.05, 4.69) is 46.5 Å². The van der Waals surface area contributed by atoms with Crippen LogP contribution in [0.3, 0.4) is 0 Å². The molecule has 3 aromatic rings. The highest BCUT2D eigenvalue weighted by Crippen LogP contribution is 2.22. The number of aromatic nitrogens is 4. The Morgan fingerprint density at radius 1 is 1.21 bits per heavy atom. The lowest BCUT2D eigenvalue weighted by Crippen LogP contribution is -2.23. The zero-order chi connectivity index (χ0) is 19.9. The van der Waals surface area contributed by atoms with Crippen LogP contribution in [0.5, 0.6) is 0 Å². The number of carbonyl (C=O) groups is 1. The molecular formula is C19H22BrN7O. The highest BCUT2D eigenvalue weighted by atomic mass is 79.9. The number of halogens is 1. The van der Waals surface area contributed by atoms with E-state index in [0.717, 1.165) is 27.8 Å². The molecule has 0 saturated heterocycles. The number of anilines is 3. The molecule has 0 fully saturated rings. The van der Waals surface area contributed by atoms with Crippen molar-refractivity contribution < 1.29 is 4.79 Å². The van der Waals surface area contributed by atoms with Crippen molar-refractivity contribution in [1.29, 1.82) is 0 Å². The van der Waals surface area contributed by atoms with Gasteiger partial charge in [0.1, 0.15) is 5.82 Å². The molecule has 0 spiro atoms. The van der Waals surface area contributed by atoms with Crippen molar-refractivity contribution in [1.82, 2.24) is 24.8 Å². The van der Waals surface area contributed by atoms with Crippen LogP contribution in [0, 0.1) is 0 Å². The van der Waals surface area contributed by atoms with Crippen LogP contribution in [0.4, 0.5) is 17.5 Å². The van der Waals surface area contributed by atoms with Gasteiger partial charge in [-0.15, -0.1) is 0 Å². The molecule has 0 atom stereocenters. The van der Waals surface area contributed by atoms with Gasteiger partial charge < -0.3 is 20.5 Å². The number of rotatable bonds is 8. The van der Waals surface area contributed by atoms with E-state index in [0.29, 0.717) is 24.7 Å². The van der Waals surface area contributed by atoms with E-state index >= 15 is 0 Å². The SMILES string of the molecule is CN(C)C(=O)Cc1ccc(Nc2ncc(Br)c(NCCc3c[nH]cn3)n2)cc1. The molecule has 3 rings (SSSR count). The average Bonchev–Trinajstić information content (AvgIpc) is 3.19. The van der Waals surface area contributed by atoms with Crippen molar-refractivity contribution in [2.75, 3.05) is 31.3 Å². The Morgan fingerprint density at radius 3 is 2.68 bits per heavy atom. The monoisotopic (exact) mass is 443 g/mol. The van der Waals surface area contributed by atoms with Gasteiger partial charge in [0.2, 0.25) is 11.9 Å². The minimum Gasteiger partial charge on any atom is -0.369 e. The molecule has 0 bridgehead atoms. The molecule has 1 amide bonds. The normalized spacial score (nSPS) is 10.5. The second-order valence-electron chi connectivity index (χ2n) is 6.41. The fourth-order valence-corrected chi connectivity index (χ4v) is 2.79. The molecule has 0 radical (unpaired) electrons. The summed E-state index contributed by atoms with van der Waals surface area (Å²) in [6.45, 7) is 0.703. The summed E-state index contributed by atoms with van der Waals surface area (Å²) in [6, 6.07) is 7.67. The minimum absolute atomic E-state index is 0.0718. The highest BCUT2D eigenvalue weighted by molar-refractivity contribution is 9.10. The molecule has 9 heteroatoms. The van der Waals surface area contributed by atoms with Crippen LogP contribution in [0.25, 0.3) is 0 Å². The zero-order valence-electron chi connectivity index (χ0n) is 15.7. The van der Waals surface area contributed by atoms with Crippen LogP contribution in [0.2, 0.25) is 0 Å². The van der Waals surface area contributed by atoms with Gasteiger partial charge in [-0.25, -0.2) is 9.97 Å². The topological polar surface area (TPSA) is 98.8 Å². The molecular weight excluding hydrogens is 422 g/mol. The summed E-state index contributed by atoms with van der Waals surface area (Å²) in [7, 11) is 3.51. The Balaban J connectivity index is 1.60. The second kappa shape index (κ2) is 9.32. The lowest BCUT2D eigenvalue weighted by Gasteiger charge is -2.11. The smallest absolute Gasteiger partial charge is 0.229 e. The predicted octanol–water partition coefficient (Wildman–Crippen LogP) is 2.99. The van der Waals surface area contributed by atoms with Gasteiger partial charge in [0.05, 0.1) is 22.9 Å². The summed E-state index contributed by atoms with van der Waals surface area (Å²) in [5.74, 6) is 1.27. The Morgan fingerprint density at radius 2 is 2.00 bits per heavy atom. The maximum atomic E-state index is 11.8. The number of nitrogens with one attached hydrogen (secondary N) is 3. The van der Waals surface area contributed by atoms with Crippen molar-refractivity contribution in [3.8, 4) is 0 Å². The lowest BCUT2D eigenvalue weighted by atomic mass is 10.1. The Kier molecular flexibility index (Phi) is 6.59. The van der Waals surface area contributed by atoms with Gasteiger partial charge >= 0.3 is 0 Å².